The van der Waals surface area contributed by atoms with E-state index in [2.05, 4.69) is 0 Å². The Kier molecular flexibility index (Phi) is 3.88. The van der Waals surface area contributed by atoms with E-state index in [1.165, 1.54) is 6.08 Å². The van der Waals surface area contributed by atoms with Crippen molar-refractivity contribution in [2.75, 3.05) is 0 Å². The molecule has 0 saturated carbocycles. The molecular weight excluding hydrogens is 238 g/mol. The fourth-order valence-electron chi connectivity index (χ4n) is 1.73. The molecule has 0 radical (unpaired) electrons. The number of rotatable bonds is 4. The highest BCUT2D eigenvalue weighted by Gasteiger charge is 2.05. The largest absolute Gasteiger partial charge is 0.366 e. The number of hydrogen-bond acceptors (Lipinski definition) is 2. The normalized spacial score (nSPS) is 10.5. The molecule has 2 N–H and O–H groups in total. The number of primary amides is 1. The number of allylic oxidation sites excluding steroid dienone is 1. The fourth-order valence-corrected chi connectivity index (χ4v) is 1.73. The molecule has 19 heavy (non-hydrogen) atoms. The van der Waals surface area contributed by atoms with Crippen molar-refractivity contribution in [2.24, 2.45) is 5.73 Å². The van der Waals surface area contributed by atoms with E-state index in [0.29, 0.717) is 16.7 Å². The van der Waals surface area contributed by atoms with E-state index in [-0.39, 0.29) is 5.78 Å². The fraction of sp³-hybridized carbons (Fsp3) is 0. The lowest BCUT2D eigenvalue weighted by Gasteiger charge is -2.00. The number of hydrogen-bond donors (Lipinski definition) is 1. The SMILES string of the molecule is NC(=O)c1ccccc1/C=C\C(=O)c1ccccc1. The molecule has 0 aliphatic carbocycles. The van der Waals surface area contributed by atoms with Crippen LogP contribution in [0.25, 0.3) is 6.08 Å². The maximum atomic E-state index is 11.9. The van der Waals surface area contributed by atoms with Gasteiger partial charge in [0, 0.05) is 11.1 Å². The summed E-state index contributed by atoms with van der Waals surface area (Å²) in [5.74, 6) is -0.618. The average molecular weight is 251 g/mol. The lowest BCUT2D eigenvalue weighted by Crippen LogP contribution is -2.12. The van der Waals surface area contributed by atoms with E-state index >= 15 is 0 Å². The third-order valence-corrected chi connectivity index (χ3v) is 2.70. The predicted octanol–water partition coefficient (Wildman–Crippen LogP) is 2.68. The second-order valence-corrected chi connectivity index (χ2v) is 4.02. The summed E-state index contributed by atoms with van der Waals surface area (Å²) in [6.07, 6.45) is 3.05. The van der Waals surface area contributed by atoms with Gasteiger partial charge in [-0.3, -0.25) is 9.59 Å². The van der Waals surface area contributed by atoms with Crippen LogP contribution in [0.15, 0.2) is 60.7 Å². The molecule has 0 fully saturated rings. The summed E-state index contributed by atoms with van der Waals surface area (Å²) in [6, 6.07) is 15.8. The molecule has 0 bridgehead atoms. The van der Waals surface area contributed by atoms with Crippen molar-refractivity contribution in [1.29, 1.82) is 0 Å². The molecule has 0 unspecified atom stereocenters. The zero-order valence-corrected chi connectivity index (χ0v) is 10.2. The molecule has 2 aromatic rings. The zero-order chi connectivity index (χ0) is 13.7. The van der Waals surface area contributed by atoms with Gasteiger partial charge in [0.15, 0.2) is 5.78 Å². The molecule has 0 heterocycles. The Bertz CT molecular complexity index is 630. The van der Waals surface area contributed by atoms with Crippen LogP contribution in [0.4, 0.5) is 0 Å². The first-order valence-electron chi connectivity index (χ1n) is 5.85. The summed E-state index contributed by atoms with van der Waals surface area (Å²) in [5, 5.41) is 0. The Morgan fingerprint density at radius 2 is 1.53 bits per heavy atom. The van der Waals surface area contributed by atoms with Crippen LogP contribution < -0.4 is 5.73 Å². The first-order valence-corrected chi connectivity index (χ1v) is 5.85. The van der Waals surface area contributed by atoms with Crippen LogP contribution in [0.2, 0.25) is 0 Å². The first-order chi connectivity index (χ1) is 9.18. The number of carbonyl (C=O) groups excluding carboxylic acids is 2. The monoisotopic (exact) mass is 251 g/mol. The summed E-state index contributed by atoms with van der Waals surface area (Å²) in [5.41, 5.74) is 6.92. The Hall–Kier alpha value is -2.68. The van der Waals surface area contributed by atoms with Crippen LogP contribution in [0.3, 0.4) is 0 Å². The lowest BCUT2D eigenvalue weighted by molar-refractivity contribution is 0.0998. The highest BCUT2D eigenvalue weighted by molar-refractivity contribution is 6.07. The van der Waals surface area contributed by atoms with Gasteiger partial charge in [0.1, 0.15) is 0 Å². The van der Waals surface area contributed by atoms with Crippen molar-refractivity contribution < 1.29 is 9.59 Å². The van der Waals surface area contributed by atoms with Crippen LogP contribution in [0.5, 0.6) is 0 Å². The molecule has 1 amide bonds. The Morgan fingerprint density at radius 3 is 2.21 bits per heavy atom. The van der Waals surface area contributed by atoms with Gasteiger partial charge in [0.2, 0.25) is 5.91 Å². The quantitative estimate of drug-likeness (QED) is 0.670. The van der Waals surface area contributed by atoms with E-state index in [4.69, 9.17) is 5.73 Å². The topological polar surface area (TPSA) is 60.2 Å². The van der Waals surface area contributed by atoms with E-state index in [0.717, 1.165) is 0 Å². The highest BCUT2D eigenvalue weighted by Crippen LogP contribution is 2.11. The highest BCUT2D eigenvalue weighted by atomic mass is 16.1. The molecule has 0 spiro atoms. The van der Waals surface area contributed by atoms with Crippen LogP contribution in [-0.4, -0.2) is 11.7 Å². The molecule has 0 aliphatic heterocycles. The molecular formula is C16H13NO2. The maximum Gasteiger partial charge on any atom is 0.249 e. The van der Waals surface area contributed by atoms with Gasteiger partial charge in [0.05, 0.1) is 0 Å². The number of amides is 1. The van der Waals surface area contributed by atoms with Crippen molar-refractivity contribution in [1.82, 2.24) is 0 Å². The number of nitrogens with two attached hydrogens (primary N) is 1. The summed E-state index contributed by atoms with van der Waals surface area (Å²) in [7, 11) is 0. The Morgan fingerprint density at radius 1 is 0.895 bits per heavy atom. The lowest BCUT2D eigenvalue weighted by atomic mass is 10.0. The van der Waals surface area contributed by atoms with E-state index in [1.54, 1.807) is 54.6 Å². The van der Waals surface area contributed by atoms with Gasteiger partial charge in [-0.25, -0.2) is 0 Å². The molecule has 94 valence electrons. The second-order valence-electron chi connectivity index (χ2n) is 4.02. The molecule has 3 heteroatoms. The summed E-state index contributed by atoms with van der Waals surface area (Å²) < 4.78 is 0. The van der Waals surface area contributed by atoms with Gasteiger partial charge >= 0.3 is 0 Å². The second kappa shape index (κ2) is 5.78. The van der Waals surface area contributed by atoms with Gasteiger partial charge in [-0.1, -0.05) is 54.6 Å². The van der Waals surface area contributed by atoms with Crippen LogP contribution in [0, 0.1) is 0 Å². The van der Waals surface area contributed by atoms with Gasteiger partial charge in [-0.05, 0) is 17.7 Å². The minimum atomic E-state index is -0.507. The van der Waals surface area contributed by atoms with Crippen LogP contribution in [0.1, 0.15) is 26.3 Å². The third kappa shape index (κ3) is 3.16. The molecule has 2 rings (SSSR count). The van der Waals surface area contributed by atoms with Crippen LogP contribution >= 0.6 is 0 Å². The Balaban J connectivity index is 2.24. The Labute approximate surface area is 111 Å². The smallest absolute Gasteiger partial charge is 0.249 e. The van der Waals surface area contributed by atoms with Crippen molar-refractivity contribution in [3.63, 3.8) is 0 Å². The summed E-state index contributed by atoms with van der Waals surface area (Å²) in [6.45, 7) is 0. The van der Waals surface area contributed by atoms with E-state index < -0.39 is 5.91 Å². The maximum absolute atomic E-state index is 11.9. The molecule has 2 aromatic carbocycles. The molecule has 0 saturated heterocycles. The number of carbonyl (C=O) groups is 2. The number of benzene rings is 2. The minimum absolute atomic E-state index is 0.111. The van der Waals surface area contributed by atoms with Gasteiger partial charge in [-0.2, -0.15) is 0 Å². The van der Waals surface area contributed by atoms with Crippen molar-refractivity contribution >= 4 is 17.8 Å². The van der Waals surface area contributed by atoms with Crippen molar-refractivity contribution in [3.05, 3.63) is 77.4 Å². The molecule has 0 atom stereocenters. The van der Waals surface area contributed by atoms with Crippen LogP contribution in [-0.2, 0) is 0 Å². The summed E-state index contributed by atoms with van der Waals surface area (Å²) in [4.78, 5) is 23.1. The first kappa shape index (κ1) is 12.8. The number of ketones is 1. The van der Waals surface area contributed by atoms with Gasteiger partial charge in [-0.15, -0.1) is 0 Å². The molecule has 0 aliphatic rings. The van der Waals surface area contributed by atoms with E-state index in [9.17, 15) is 9.59 Å². The summed E-state index contributed by atoms with van der Waals surface area (Å²) >= 11 is 0. The van der Waals surface area contributed by atoms with Gasteiger partial charge in [0.25, 0.3) is 0 Å². The molecule has 0 aromatic heterocycles. The van der Waals surface area contributed by atoms with Crippen molar-refractivity contribution in [2.45, 2.75) is 0 Å². The van der Waals surface area contributed by atoms with E-state index in [1.807, 2.05) is 6.07 Å². The standard InChI is InChI=1S/C16H13NO2/c17-16(19)14-9-5-4-6-12(14)10-11-15(18)13-7-2-1-3-8-13/h1-11H,(H2,17,19)/b11-10-. The minimum Gasteiger partial charge on any atom is -0.366 e. The van der Waals surface area contributed by atoms with Crippen molar-refractivity contribution in [3.8, 4) is 0 Å². The zero-order valence-electron chi connectivity index (χ0n) is 10.2. The molecule has 3 nitrogen and oxygen atoms in total. The predicted molar refractivity (Wildman–Crippen MR) is 74.8 cm³/mol. The third-order valence-electron chi connectivity index (χ3n) is 2.70. The van der Waals surface area contributed by atoms with Gasteiger partial charge < -0.3 is 5.73 Å². The average Bonchev–Trinajstić information content (AvgIpc) is 2.46.